The number of rotatable bonds is 4. The van der Waals surface area contributed by atoms with Crippen molar-refractivity contribution >= 4 is 32.2 Å². The van der Waals surface area contributed by atoms with Crippen LogP contribution in [0.15, 0.2) is 34.5 Å². The fraction of sp³-hybridized carbons (Fsp3) is 0.357. The highest BCUT2D eigenvalue weighted by molar-refractivity contribution is 7.93. The SMILES string of the molecule is CNc1ccc(S(=O)(=O)Nc2nc(C(C)(C)C)cs2)cc1. The van der Waals surface area contributed by atoms with Gasteiger partial charge in [0.25, 0.3) is 10.0 Å². The average molecular weight is 325 g/mol. The van der Waals surface area contributed by atoms with Crippen LogP contribution in [0.1, 0.15) is 26.5 Å². The molecule has 0 unspecified atom stereocenters. The first-order valence-electron chi connectivity index (χ1n) is 6.49. The Kier molecular flexibility index (Phi) is 4.25. The Morgan fingerprint density at radius 2 is 1.76 bits per heavy atom. The summed E-state index contributed by atoms with van der Waals surface area (Å²) in [5.74, 6) is 0. The normalized spacial score (nSPS) is 12.2. The van der Waals surface area contributed by atoms with Gasteiger partial charge in [0, 0.05) is 23.5 Å². The van der Waals surface area contributed by atoms with E-state index in [0.717, 1.165) is 11.4 Å². The summed E-state index contributed by atoms with van der Waals surface area (Å²) in [4.78, 5) is 4.56. The molecule has 0 spiro atoms. The van der Waals surface area contributed by atoms with Gasteiger partial charge in [-0.2, -0.15) is 0 Å². The summed E-state index contributed by atoms with van der Waals surface area (Å²) in [5, 5.41) is 5.21. The molecule has 0 amide bonds. The quantitative estimate of drug-likeness (QED) is 0.905. The molecule has 0 bridgehead atoms. The van der Waals surface area contributed by atoms with Crippen LogP contribution in [0.4, 0.5) is 10.8 Å². The molecule has 0 atom stereocenters. The molecule has 0 aliphatic carbocycles. The number of anilines is 2. The third kappa shape index (κ3) is 3.74. The number of hydrogen-bond acceptors (Lipinski definition) is 5. The minimum absolute atomic E-state index is 0.103. The van der Waals surface area contributed by atoms with Crippen molar-refractivity contribution in [2.24, 2.45) is 0 Å². The highest BCUT2D eigenvalue weighted by Gasteiger charge is 2.20. The van der Waals surface area contributed by atoms with Crippen molar-refractivity contribution in [2.75, 3.05) is 17.1 Å². The van der Waals surface area contributed by atoms with Crippen LogP contribution in [0, 0.1) is 0 Å². The zero-order chi connectivity index (χ0) is 15.7. The molecular formula is C14H19N3O2S2. The lowest BCUT2D eigenvalue weighted by Gasteiger charge is -2.14. The van der Waals surface area contributed by atoms with Crippen molar-refractivity contribution < 1.29 is 8.42 Å². The molecular weight excluding hydrogens is 306 g/mol. The van der Waals surface area contributed by atoms with E-state index in [1.54, 1.807) is 31.3 Å². The minimum Gasteiger partial charge on any atom is -0.388 e. The van der Waals surface area contributed by atoms with Gasteiger partial charge in [-0.05, 0) is 24.3 Å². The molecule has 7 heteroatoms. The van der Waals surface area contributed by atoms with Gasteiger partial charge in [0.2, 0.25) is 0 Å². The molecule has 0 aliphatic heterocycles. The van der Waals surface area contributed by atoms with Gasteiger partial charge < -0.3 is 5.32 Å². The molecule has 1 aromatic carbocycles. The van der Waals surface area contributed by atoms with Crippen LogP contribution >= 0.6 is 11.3 Å². The highest BCUT2D eigenvalue weighted by Crippen LogP contribution is 2.27. The van der Waals surface area contributed by atoms with E-state index in [0.29, 0.717) is 5.13 Å². The van der Waals surface area contributed by atoms with Gasteiger partial charge in [0.1, 0.15) is 0 Å². The van der Waals surface area contributed by atoms with Gasteiger partial charge in [-0.15, -0.1) is 11.3 Å². The second-order valence-corrected chi connectivity index (χ2v) is 8.21. The molecule has 2 N–H and O–H groups in total. The van der Waals surface area contributed by atoms with Crippen molar-refractivity contribution in [2.45, 2.75) is 31.1 Å². The fourth-order valence-corrected chi connectivity index (χ4v) is 3.83. The number of aromatic nitrogens is 1. The highest BCUT2D eigenvalue weighted by atomic mass is 32.2. The van der Waals surface area contributed by atoms with E-state index in [4.69, 9.17) is 0 Å². The molecule has 2 aromatic rings. The lowest BCUT2D eigenvalue weighted by atomic mass is 9.93. The average Bonchev–Trinajstić information content (AvgIpc) is 2.86. The summed E-state index contributed by atoms with van der Waals surface area (Å²) in [6.07, 6.45) is 0. The van der Waals surface area contributed by atoms with Crippen molar-refractivity contribution in [1.82, 2.24) is 4.98 Å². The Bertz CT molecular complexity index is 713. The van der Waals surface area contributed by atoms with E-state index in [-0.39, 0.29) is 10.3 Å². The Hall–Kier alpha value is -1.60. The van der Waals surface area contributed by atoms with Crippen molar-refractivity contribution in [3.05, 3.63) is 35.3 Å². The van der Waals surface area contributed by atoms with Crippen molar-refractivity contribution in [3.8, 4) is 0 Å². The molecule has 114 valence electrons. The molecule has 0 saturated heterocycles. The van der Waals surface area contributed by atoms with Gasteiger partial charge in [0.05, 0.1) is 10.6 Å². The van der Waals surface area contributed by atoms with Gasteiger partial charge in [0.15, 0.2) is 5.13 Å². The Labute approximate surface area is 129 Å². The molecule has 1 heterocycles. The van der Waals surface area contributed by atoms with E-state index >= 15 is 0 Å². The molecule has 0 saturated carbocycles. The number of hydrogen-bond donors (Lipinski definition) is 2. The van der Waals surface area contributed by atoms with E-state index < -0.39 is 10.0 Å². The number of nitrogens with one attached hydrogen (secondary N) is 2. The van der Waals surface area contributed by atoms with Crippen LogP contribution < -0.4 is 10.0 Å². The molecule has 0 fully saturated rings. The molecule has 1 aromatic heterocycles. The van der Waals surface area contributed by atoms with Crippen LogP contribution in [0.25, 0.3) is 0 Å². The molecule has 2 rings (SSSR count). The molecule has 21 heavy (non-hydrogen) atoms. The number of thiazole rings is 1. The lowest BCUT2D eigenvalue weighted by molar-refractivity contribution is 0.573. The summed E-state index contributed by atoms with van der Waals surface area (Å²) < 4.78 is 27.1. The lowest BCUT2D eigenvalue weighted by Crippen LogP contribution is -2.14. The standard InChI is InChI=1S/C14H19N3O2S2/c1-14(2,3)12-9-20-13(16-12)17-21(18,19)11-7-5-10(15-4)6-8-11/h5-9,15H,1-4H3,(H,16,17). The van der Waals surface area contributed by atoms with E-state index in [2.05, 4.69) is 15.0 Å². The zero-order valence-electron chi connectivity index (χ0n) is 12.5. The first-order chi connectivity index (χ1) is 9.72. The van der Waals surface area contributed by atoms with Crippen LogP contribution in [0.5, 0.6) is 0 Å². The molecule has 0 radical (unpaired) electrons. The summed E-state index contributed by atoms with van der Waals surface area (Å²) in [7, 11) is -1.82. The van der Waals surface area contributed by atoms with E-state index in [9.17, 15) is 8.42 Å². The number of nitrogens with zero attached hydrogens (tertiary/aromatic N) is 1. The molecule has 5 nitrogen and oxygen atoms in total. The summed E-state index contributed by atoms with van der Waals surface area (Å²) >= 11 is 1.29. The number of benzene rings is 1. The maximum Gasteiger partial charge on any atom is 0.263 e. The van der Waals surface area contributed by atoms with Crippen LogP contribution in [0.2, 0.25) is 0 Å². The van der Waals surface area contributed by atoms with Crippen LogP contribution in [-0.2, 0) is 15.4 Å². The van der Waals surface area contributed by atoms with Gasteiger partial charge in [-0.25, -0.2) is 13.4 Å². The van der Waals surface area contributed by atoms with Gasteiger partial charge in [-0.3, -0.25) is 4.72 Å². The predicted octanol–water partition coefficient (Wildman–Crippen LogP) is 3.28. The number of sulfonamides is 1. The molecule has 0 aliphatic rings. The second kappa shape index (κ2) is 5.65. The van der Waals surface area contributed by atoms with E-state index in [1.807, 2.05) is 26.2 Å². The Morgan fingerprint density at radius 1 is 1.14 bits per heavy atom. The summed E-state index contributed by atoms with van der Waals surface area (Å²) in [6, 6.07) is 6.56. The third-order valence-corrected chi connectivity index (χ3v) is 5.19. The summed E-state index contributed by atoms with van der Waals surface area (Å²) in [5.41, 5.74) is 1.63. The predicted molar refractivity (Wildman–Crippen MR) is 87.6 cm³/mol. The van der Waals surface area contributed by atoms with Crippen LogP contribution in [-0.4, -0.2) is 20.4 Å². The van der Waals surface area contributed by atoms with Crippen molar-refractivity contribution in [1.29, 1.82) is 0 Å². The fourth-order valence-electron chi connectivity index (χ4n) is 1.64. The Morgan fingerprint density at radius 3 is 2.24 bits per heavy atom. The zero-order valence-corrected chi connectivity index (χ0v) is 14.1. The largest absolute Gasteiger partial charge is 0.388 e. The van der Waals surface area contributed by atoms with Gasteiger partial charge >= 0.3 is 0 Å². The van der Waals surface area contributed by atoms with Gasteiger partial charge in [-0.1, -0.05) is 20.8 Å². The van der Waals surface area contributed by atoms with E-state index in [1.165, 1.54) is 11.3 Å². The van der Waals surface area contributed by atoms with Crippen LogP contribution in [0.3, 0.4) is 0 Å². The third-order valence-electron chi connectivity index (χ3n) is 2.95. The topological polar surface area (TPSA) is 71.1 Å². The first kappa shape index (κ1) is 15.8. The smallest absolute Gasteiger partial charge is 0.263 e. The summed E-state index contributed by atoms with van der Waals surface area (Å²) in [6.45, 7) is 6.12. The first-order valence-corrected chi connectivity index (χ1v) is 8.85. The van der Waals surface area contributed by atoms with Crippen molar-refractivity contribution in [3.63, 3.8) is 0 Å². The Balaban J connectivity index is 2.22. The monoisotopic (exact) mass is 325 g/mol. The minimum atomic E-state index is -3.60. The maximum atomic E-state index is 12.3. The second-order valence-electron chi connectivity index (χ2n) is 5.67. The maximum absolute atomic E-state index is 12.3.